The molecule has 90 valence electrons. The number of hydrogen-bond acceptors (Lipinski definition) is 3. The molecule has 0 aliphatic carbocycles. The average Bonchev–Trinajstić information content (AvgIpc) is 2.83. The zero-order valence-electron chi connectivity index (χ0n) is 10.1. The lowest BCUT2D eigenvalue weighted by Crippen LogP contribution is -2.16. The molecule has 4 heteroatoms. The van der Waals surface area contributed by atoms with E-state index in [2.05, 4.69) is 16.0 Å². The van der Waals surface area contributed by atoms with E-state index in [0.717, 1.165) is 22.3 Å². The normalized spacial score (nSPS) is 12.8. The van der Waals surface area contributed by atoms with Crippen molar-refractivity contribution in [3.05, 3.63) is 60.3 Å². The number of para-hydroxylation sites is 1. The summed E-state index contributed by atoms with van der Waals surface area (Å²) >= 11 is 0. The minimum Gasteiger partial charge on any atom is -0.336 e. The predicted octanol–water partition coefficient (Wildman–Crippen LogP) is 2.02. The summed E-state index contributed by atoms with van der Waals surface area (Å²) in [6.07, 6.45) is 5.47. The Kier molecular flexibility index (Phi) is 2.57. The first-order chi connectivity index (χ1) is 8.75. The van der Waals surface area contributed by atoms with Gasteiger partial charge in [0.15, 0.2) is 0 Å². The summed E-state index contributed by atoms with van der Waals surface area (Å²) in [6.45, 7) is 0. The SMILES string of the molecule is Cn1ccnc1C(N)c1cnc2ccccc2c1. The average molecular weight is 238 g/mol. The van der Waals surface area contributed by atoms with E-state index in [9.17, 15) is 0 Å². The van der Waals surface area contributed by atoms with Crippen molar-refractivity contribution in [3.63, 3.8) is 0 Å². The standard InChI is InChI=1S/C14H14N4/c1-18-7-6-16-14(18)13(15)11-8-10-4-2-3-5-12(10)17-9-11/h2-9,13H,15H2,1H3. The van der Waals surface area contributed by atoms with Gasteiger partial charge in [-0.1, -0.05) is 18.2 Å². The van der Waals surface area contributed by atoms with Gasteiger partial charge in [0.2, 0.25) is 0 Å². The van der Waals surface area contributed by atoms with Gasteiger partial charge in [-0.2, -0.15) is 0 Å². The molecule has 2 N–H and O–H groups in total. The Balaban J connectivity index is 2.07. The van der Waals surface area contributed by atoms with Gasteiger partial charge in [0.05, 0.1) is 11.6 Å². The molecule has 2 heterocycles. The monoisotopic (exact) mass is 238 g/mol. The fourth-order valence-electron chi connectivity index (χ4n) is 2.08. The second-order valence-corrected chi connectivity index (χ2v) is 4.34. The lowest BCUT2D eigenvalue weighted by molar-refractivity contribution is 0.715. The van der Waals surface area contributed by atoms with Crippen LogP contribution in [0.15, 0.2) is 48.9 Å². The minimum atomic E-state index is -0.248. The maximum absolute atomic E-state index is 6.23. The highest BCUT2D eigenvalue weighted by Gasteiger charge is 2.13. The van der Waals surface area contributed by atoms with Crippen LogP contribution in [0.25, 0.3) is 10.9 Å². The van der Waals surface area contributed by atoms with Crippen LogP contribution in [0.2, 0.25) is 0 Å². The minimum absolute atomic E-state index is 0.248. The van der Waals surface area contributed by atoms with Gasteiger partial charge in [-0.05, 0) is 17.7 Å². The number of pyridine rings is 1. The number of aromatic nitrogens is 3. The molecule has 0 bridgehead atoms. The van der Waals surface area contributed by atoms with Crippen LogP contribution in [-0.2, 0) is 7.05 Å². The van der Waals surface area contributed by atoms with Gasteiger partial charge in [-0.15, -0.1) is 0 Å². The largest absolute Gasteiger partial charge is 0.336 e. The summed E-state index contributed by atoms with van der Waals surface area (Å²) < 4.78 is 1.93. The van der Waals surface area contributed by atoms with Crippen molar-refractivity contribution in [1.82, 2.24) is 14.5 Å². The smallest absolute Gasteiger partial charge is 0.130 e. The molecule has 3 aromatic rings. The molecule has 0 fully saturated rings. The van der Waals surface area contributed by atoms with E-state index in [-0.39, 0.29) is 6.04 Å². The third kappa shape index (κ3) is 1.76. The topological polar surface area (TPSA) is 56.7 Å². The van der Waals surface area contributed by atoms with E-state index < -0.39 is 0 Å². The summed E-state index contributed by atoms with van der Waals surface area (Å²) in [6, 6.07) is 9.83. The molecule has 0 aliphatic rings. The maximum atomic E-state index is 6.23. The summed E-state index contributed by atoms with van der Waals surface area (Å²) in [5.74, 6) is 0.840. The van der Waals surface area contributed by atoms with Crippen LogP contribution in [0.4, 0.5) is 0 Å². The molecule has 0 saturated heterocycles. The molecule has 0 saturated carbocycles. The van der Waals surface area contributed by atoms with Crippen LogP contribution in [-0.4, -0.2) is 14.5 Å². The highest BCUT2D eigenvalue weighted by atomic mass is 15.1. The number of rotatable bonds is 2. The molecule has 3 rings (SSSR count). The lowest BCUT2D eigenvalue weighted by atomic mass is 10.1. The molecular formula is C14H14N4. The Hall–Kier alpha value is -2.20. The van der Waals surface area contributed by atoms with Gasteiger partial charge in [-0.25, -0.2) is 4.98 Å². The Morgan fingerprint density at radius 1 is 1.22 bits per heavy atom. The van der Waals surface area contributed by atoms with Crippen molar-refractivity contribution < 1.29 is 0 Å². The molecule has 0 amide bonds. The quantitative estimate of drug-likeness (QED) is 0.743. The van der Waals surface area contributed by atoms with Gasteiger partial charge >= 0.3 is 0 Å². The molecule has 0 aliphatic heterocycles. The van der Waals surface area contributed by atoms with Crippen molar-refractivity contribution in [2.75, 3.05) is 0 Å². The fraction of sp³-hybridized carbons (Fsp3) is 0.143. The van der Waals surface area contributed by atoms with E-state index in [1.165, 1.54) is 0 Å². The van der Waals surface area contributed by atoms with Crippen molar-refractivity contribution >= 4 is 10.9 Å². The first-order valence-corrected chi connectivity index (χ1v) is 5.83. The van der Waals surface area contributed by atoms with E-state index in [1.807, 2.05) is 48.3 Å². The van der Waals surface area contributed by atoms with Crippen LogP contribution < -0.4 is 5.73 Å². The number of nitrogens with two attached hydrogens (primary N) is 1. The summed E-state index contributed by atoms with van der Waals surface area (Å²) in [5.41, 5.74) is 8.18. The maximum Gasteiger partial charge on any atom is 0.130 e. The van der Waals surface area contributed by atoms with Crippen molar-refractivity contribution in [2.45, 2.75) is 6.04 Å². The van der Waals surface area contributed by atoms with Gasteiger partial charge in [0.25, 0.3) is 0 Å². The Morgan fingerprint density at radius 3 is 2.83 bits per heavy atom. The van der Waals surface area contributed by atoms with Gasteiger partial charge in [-0.3, -0.25) is 4.98 Å². The molecule has 2 aromatic heterocycles. The second kappa shape index (κ2) is 4.23. The van der Waals surface area contributed by atoms with Crippen LogP contribution in [0.5, 0.6) is 0 Å². The highest BCUT2D eigenvalue weighted by Crippen LogP contribution is 2.20. The van der Waals surface area contributed by atoms with E-state index in [1.54, 1.807) is 6.20 Å². The summed E-state index contributed by atoms with van der Waals surface area (Å²) in [7, 11) is 1.94. The zero-order chi connectivity index (χ0) is 12.5. The first-order valence-electron chi connectivity index (χ1n) is 5.83. The molecule has 0 radical (unpaired) electrons. The fourth-order valence-corrected chi connectivity index (χ4v) is 2.08. The Morgan fingerprint density at radius 2 is 2.06 bits per heavy atom. The molecule has 4 nitrogen and oxygen atoms in total. The zero-order valence-corrected chi connectivity index (χ0v) is 10.1. The van der Waals surface area contributed by atoms with Crippen LogP contribution in [0.3, 0.4) is 0 Å². The Labute approximate surface area is 105 Å². The van der Waals surface area contributed by atoms with Crippen LogP contribution in [0.1, 0.15) is 17.4 Å². The van der Waals surface area contributed by atoms with E-state index in [4.69, 9.17) is 5.73 Å². The van der Waals surface area contributed by atoms with Gasteiger partial charge in [0, 0.05) is 31.0 Å². The molecule has 18 heavy (non-hydrogen) atoms. The number of fused-ring (bicyclic) bond motifs is 1. The predicted molar refractivity (Wildman–Crippen MR) is 71.0 cm³/mol. The molecule has 0 spiro atoms. The van der Waals surface area contributed by atoms with Crippen molar-refractivity contribution in [1.29, 1.82) is 0 Å². The van der Waals surface area contributed by atoms with E-state index >= 15 is 0 Å². The summed E-state index contributed by atoms with van der Waals surface area (Å²) in [5, 5.41) is 1.10. The third-order valence-electron chi connectivity index (χ3n) is 3.11. The third-order valence-corrected chi connectivity index (χ3v) is 3.11. The van der Waals surface area contributed by atoms with Crippen LogP contribution in [0, 0.1) is 0 Å². The highest BCUT2D eigenvalue weighted by molar-refractivity contribution is 5.78. The molecule has 1 unspecified atom stereocenters. The number of hydrogen-bond donors (Lipinski definition) is 1. The summed E-state index contributed by atoms with van der Waals surface area (Å²) in [4.78, 5) is 8.71. The molecular weight excluding hydrogens is 224 g/mol. The molecule has 1 aromatic carbocycles. The second-order valence-electron chi connectivity index (χ2n) is 4.34. The Bertz CT molecular complexity index is 687. The lowest BCUT2D eigenvalue weighted by Gasteiger charge is -2.12. The number of benzene rings is 1. The first kappa shape index (κ1) is 10.9. The number of imidazole rings is 1. The van der Waals surface area contributed by atoms with Crippen molar-refractivity contribution in [2.24, 2.45) is 12.8 Å². The van der Waals surface area contributed by atoms with Gasteiger partial charge < -0.3 is 10.3 Å². The van der Waals surface area contributed by atoms with Crippen molar-refractivity contribution in [3.8, 4) is 0 Å². The van der Waals surface area contributed by atoms with E-state index in [0.29, 0.717) is 0 Å². The van der Waals surface area contributed by atoms with Gasteiger partial charge in [0.1, 0.15) is 5.82 Å². The van der Waals surface area contributed by atoms with Crippen LogP contribution >= 0.6 is 0 Å². The molecule has 1 atom stereocenters. The number of nitrogens with zero attached hydrogens (tertiary/aromatic N) is 3. The number of aryl methyl sites for hydroxylation is 1.